The van der Waals surface area contributed by atoms with E-state index in [1.165, 1.54) is 6.92 Å². The number of carbonyl (C=O) groups excluding carboxylic acids is 1. The van der Waals surface area contributed by atoms with Crippen molar-refractivity contribution in [3.05, 3.63) is 12.2 Å². The van der Waals surface area contributed by atoms with Crippen LogP contribution in [-0.4, -0.2) is 77.7 Å². The van der Waals surface area contributed by atoms with Crippen molar-refractivity contribution >= 4 is 11.9 Å². The Morgan fingerprint density at radius 3 is 2.05 bits per heavy atom. The van der Waals surface area contributed by atoms with Gasteiger partial charge in [-0.25, -0.2) is 9.59 Å². The van der Waals surface area contributed by atoms with Gasteiger partial charge in [-0.15, -0.1) is 0 Å². The van der Waals surface area contributed by atoms with Crippen molar-refractivity contribution in [2.24, 2.45) is 0 Å². The molecule has 0 fully saturated rings. The number of rotatable bonds is 10. The summed E-state index contributed by atoms with van der Waals surface area (Å²) in [6.07, 6.45) is 0. The minimum absolute atomic E-state index is 0.0129. The van der Waals surface area contributed by atoms with Crippen LogP contribution in [0.25, 0.3) is 0 Å². The van der Waals surface area contributed by atoms with Gasteiger partial charge < -0.3 is 24.5 Å². The molecule has 0 aliphatic rings. The number of aliphatic hydroxyl groups is 2. The van der Waals surface area contributed by atoms with Crippen LogP contribution >= 0.6 is 0 Å². The zero-order valence-electron chi connectivity index (χ0n) is 11.2. The molecular weight excluding hydrogens is 254 g/mol. The maximum absolute atomic E-state index is 11.2. The van der Waals surface area contributed by atoms with Gasteiger partial charge in [-0.05, 0) is 6.92 Å². The Kier molecular flexibility index (Phi) is 7.97. The van der Waals surface area contributed by atoms with Crippen molar-refractivity contribution in [2.45, 2.75) is 6.92 Å². The fraction of sp³-hybridized carbons (Fsp3) is 0.667. The van der Waals surface area contributed by atoms with Crippen LogP contribution in [0.3, 0.4) is 0 Å². The number of aliphatic hydroxyl groups excluding tert-OH is 2. The third kappa shape index (κ3) is 6.90. The standard InChI is InChI=1S/C12H21NO6/c1-10(2)12(18)19-8-5-13(3-6-14,4-7-15)9-11(16)17/h14-15H,1,3-9H2,2H3/p+1. The highest BCUT2D eigenvalue weighted by molar-refractivity contribution is 5.86. The molecule has 0 radical (unpaired) electrons. The van der Waals surface area contributed by atoms with E-state index >= 15 is 0 Å². The topological polar surface area (TPSA) is 104 Å². The molecule has 7 nitrogen and oxygen atoms in total. The van der Waals surface area contributed by atoms with Gasteiger partial charge in [-0.3, -0.25) is 0 Å². The molecule has 0 heterocycles. The molecule has 0 rings (SSSR count). The molecule has 0 atom stereocenters. The third-order valence-electron chi connectivity index (χ3n) is 2.77. The summed E-state index contributed by atoms with van der Waals surface area (Å²) in [7, 11) is 0. The summed E-state index contributed by atoms with van der Waals surface area (Å²) in [5, 5.41) is 27.0. The van der Waals surface area contributed by atoms with Crippen LogP contribution in [0.5, 0.6) is 0 Å². The van der Waals surface area contributed by atoms with E-state index in [4.69, 9.17) is 20.1 Å². The summed E-state index contributed by atoms with van der Waals surface area (Å²) in [4.78, 5) is 22.1. The predicted octanol–water partition coefficient (Wildman–Crippen LogP) is -1.01. The molecule has 19 heavy (non-hydrogen) atoms. The number of hydrogen-bond donors (Lipinski definition) is 3. The number of aliphatic carboxylic acids is 1. The molecule has 3 N–H and O–H groups in total. The maximum Gasteiger partial charge on any atom is 0.359 e. The highest BCUT2D eigenvalue weighted by atomic mass is 16.5. The molecular formula is C12H22NO6+. The molecule has 0 aromatic rings. The molecule has 0 saturated carbocycles. The number of quaternary nitrogens is 1. The molecule has 0 spiro atoms. The average molecular weight is 276 g/mol. The van der Waals surface area contributed by atoms with Crippen molar-refractivity contribution in [1.29, 1.82) is 0 Å². The molecule has 0 aliphatic carbocycles. The van der Waals surface area contributed by atoms with Crippen LogP contribution in [0.1, 0.15) is 6.92 Å². The lowest BCUT2D eigenvalue weighted by Gasteiger charge is -2.36. The Bertz CT molecular complexity index is 322. The first-order valence-corrected chi connectivity index (χ1v) is 5.98. The van der Waals surface area contributed by atoms with Crippen LogP contribution in [0.2, 0.25) is 0 Å². The first kappa shape index (κ1) is 17.6. The van der Waals surface area contributed by atoms with E-state index in [0.717, 1.165) is 0 Å². The molecule has 0 aromatic heterocycles. The minimum Gasteiger partial charge on any atom is -0.477 e. The Balaban J connectivity index is 4.58. The van der Waals surface area contributed by atoms with Gasteiger partial charge in [0.15, 0.2) is 6.54 Å². The Hall–Kier alpha value is -1.44. The molecule has 110 valence electrons. The van der Waals surface area contributed by atoms with Gasteiger partial charge in [0.25, 0.3) is 0 Å². The van der Waals surface area contributed by atoms with Gasteiger partial charge in [0, 0.05) is 5.57 Å². The summed E-state index contributed by atoms with van der Waals surface area (Å²) >= 11 is 0. The second-order valence-corrected chi connectivity index (χ2v) is 4.43. The minimum atomic E-state index is -1.03. The monoisotopic (exact) mass is 276 g/mol. The van der Waals surface area contributed by atoms with Crippen LogP contribution in [0.4, 0.5) is 0 Å². The summed E-state index contributed by atoms with van der Waals surface area (Å²) in [6, 6.07) is 0. The quantitative estimate of drug-likeness (QED) is 0.268. The van der Waals surface area contributed by atoms with Crippen molar-refractivity contribution in [3.63, 3.8) is 0 Å². The van der Waals surface area contributed by atoms with E-state index in [9.17, 15) is 9.59 Å². The highest BCUT2D eigenvalue weighted by Crippen LogP contribution is 2.07. The van der Waals surface area contributed by atoms with Gasteiger partial charge in [0.1, 0.15) is 26.2 Å². The van der Waals surface area contributed by atoms with Gasteiger partial charge in [0.05, 0.1) is 13.2 Å². The van der Waals surface area contributed by atoms with Gasteiger partial charge >= 0.3 is 11.9 Å². The number of hydrogen-bond acceptors (Lipinski definition) is 5. The van der Waals surface area contributed by atoms with Gasteiger partial charge in [-0.2, -0.15) is 0 Å². The number of ether oxygens (including phenoxy) is 1. The molecule has 0 aromatic carbocycles. The smallest absolute Gasteiger partial charge is 0.359 e. The molecule has 0 aliphatic heterocycles. The molecule has 0 saturated heterocycles. The van der Waals surface area contributed by atoms with E-state index in [1.54, 1.807) is 0 Å². The van der Waals surface area contributed by atoms with E-state index in [-0.39, 0.29) is 56.1 Å². The van der Waals surface area contributed by atoms with E-state index < -0.39 is 11.9 Å². The molecule has 0 amide bonds. The summed E-state index contributed by atoms with van der Waals surface area (Å²) < 4.78 is 4.89. The predicted molar refractivity (Wildman–Crippen MR) is 67.3 cm³/mol. The van der Waals surface area contributed by atoms with Gasteiger partial charge in [-0.1, -0.05) is 6.58 Å². The summed E-state index contributed by atoms with van der Waals surface area (Å²) in [6.45, 7) is 4.88. The van der Waals surface area contributed by atoms with Crippen LogP contribution in [0.15, 0.2) is 12.2 Å². The molecule has 0 unspecified atom stereocenters. The fourth-order valence-electron chi connectivity index (χ4n) is 1.74. The first-order valence-electron chi connectivity index (χ1n) is 5.98. The lowest BCUT2D eigenvalue weighted by Crippen LogP contribution is -2.56. The first-order chi connectivity index (χ1) is 8.87. The summed E-state index contributed by atoms with van der Waals surface area (Å²) in [5.41, 5.74) is 0.264. The van der Waals surface area contributed by atoms with Crippen LogP contribution < -0.4 is 0 Å². The number of nitrogens with zero attached hydrogens (tertiary/aromatic N) is 1. The number of carboxylic acids is 1. The van der Waals surface area contributed by atoms with Crippen molar-refractivity contribution in [3.8, 4) is 0 Å². The summed E-state index contributed by atoms with van der Waals surface area (Å²) in [5.74, 6) is -1.57. The Morgan fingerprint density at radius 1 is 1.16 bits per heavy atom. The van der Waals surface area contributed by atoms with E-state index in [2.05, 4.69) is 6.58 Å². The Morgan fingerprint density at radius 2 is 1.68 bits per heavy atom. The van der Waals surface area contributed by atoms with Crippen molar-refractivity contribution < 1.29 is 34.1 Å². The molecule has 0 bridgehead atoms. The zero-order valence-corrected chi connectivity index (χ0v) is 11.2. The average Bonchev–Trinajstić information content (AvgIpc) is 2.28. The third-order valence-corrected chi connectivity index (χ3v) is 2.77. The normalized spacial score (nSPS) is 11.1. The second-order valence-electron chi connectivity index (χ2n) is 4.43. The van der Waals surface area contributed by atoms with E-state index in [1.807, 2.05) is 0 Å². The zero-order chi connectivity index (χ0) is 14.9. The SMILES string of the molecule is C=C(C)C(=O)OCC[N+](CCO)(CCO)CC(=O)O. The fourth-order valence-corrected chi connectivity index (χ4v) is 1.74. The number of carboxylic acid groups (broad SMARTS) is 1. The number of esters is 1. The van der Waals surface area contributed by atoms with Crippen molar-refractivity contribution in [2.75, 3.05) is 46.0 Å². The molecule has 7 heteroatoms. The van der Waals surface area contributed by atoms with Crippen LogP contribution in [0, 0.1) is 0 Å². The maximum atomic E-state index is 11.2. The highest BCUT2D eigenvalue weighted by Gasteiger charge is 2.29. The van der Waals surface area contributed by atoms with Gasteiger partial charge in [0.2, 0.25) is 0 Å². The lowest BCUT2D eigenvalue weighted by atomic mass is 10.3. The van der Waals surface area contributed by atoms with E-state index in [0.29, 0.717) is 0 Å². The number of carbonyl (C=O) groups is 2. The Labute approximate surface area is 112 Å². The lowest BCUT2D eigenvalue weighted by molar-refractivity contribution is -0.922. The van der Waals surface area contributed by atoms with Crippen molar-refractivity contribution in [1.82, 2.24) is 0 Å². The largest absolute Gasteiger partial charge is 0.477 e. The van der Waals surface area contributed by atoms with Crippen LogP contribution in [-0.2, 0) is 14.3 Å². The second kappa shape index (κ2) is 8.63.